The number of sulfonamides is 1. The topological polar surface area (TPSA) is 122 Å². The molecule has 2 aliphatic heterocycles. The Hall–Kier alpha value is -2.50. The highest BCUT2D eigenvalue weighted by atomic mass is 32.2. The Labute approximate surface area is 199 Å². The maximum absolute atomic E-state index is 13.1. The van der Waals surface area contributed by atoms with Gasteiger partial charge in [-0.15, -0.1) is 0 Å². The van der Waals surface area contributed by atoms with Crippen LogP contribution in [-0.4, -0.2) is 74.3 Å². The van der Waals surface area contributed by atoms with E-state index in [4.69, 9.17) is 9.47 Å². The number of anilines is 1. The molecular formula is C23H31N3O7S. The molecule has 1 saturated carbocycles. The van der Waals surface area contributed by atoms with Gasteiger partial charge in [0.2, 0.25) is 27.7 Å². The monoisotopic (exact) mass is 493 g/mol. The van der Waals surface area contributed by atoms with Crippen molar-refractivity contribution in [2.75, 3.05) is 38.2 Å². The molecule has 3 aliphatic rings. The van der Waals surface area contributed by atoms with E-state index in [-0.39, 0.29) is 48.0 Å². The number of amides is 3. The van der Waals surface area contributed by atoms with Gasteiger partial charge in [-0.3, -0.25) is 19.3 Å². The summed E-state index contributed by atoms with van der Waals surface area (Å²) < 4.78 is 38.5. The number of carbonyl (C=O) groups is 3. The van der Waals surface area contributed by atoms with Crippen molar-refractivity contribution in [2.45, 2.75) is 57.0 Å². The first-order valence-corrected chi connectivity index (χ1v) is 13.1. The molecule has 0 aromatic heterocycles. The van der Waals surface area contributed by atoms with Crippen molar-refractivity contribution in [1.82, 2.24) is 9.21 Å². The van der Waals surface area contributed by atoms with Crippen molar-refractivity contribution >= 4 is 33.4 Å². The summed E-state index contributed by atoms with van der Waals surface area (Å²) in [6.07, 6.45) is 3.07. The first-order chi connectivity index (χ1) is 16.1. The van der Waals surface area contributed by atoms with Gasteiger partial charge in [-0.2, -0.15) is 4.31 Å². The standard InChI is InChI=1S/C23H31N3O7S/c1-16(2)33-19-6-5-17(34(30,31)25-9-11-32-12-10-25)13-18(19)24-20(27)15-26-21(28)14-23(22(26)29)7-3-4-8-23/h5-6,13,16H,3-4,7-12,14-15H2,1-2H3,(H,24,27). The van der Waals surface area contributed by atoms with Crippen molar-refractivity contribution in [3.63, 3.8) is 0 Å². The van der Waals surface area contributed by atoms with Gasteiger partial charge in [-0.25, -0.2) is 8.42 Å². The molecule has 186 valence electrons. The van der Waals surface area contributed by atoms with Crippen LogP contribution in [0.5, 0.6) is 5.75 Å². The van der Waals surface area contributed by atoms with Crippen LogP contribution in [0, 0.1) is 5.41 Å². The SMILES string of the molecule is CC(C)Oc1ccc(S(=O)(=O)N2CCOCC2)cc1NC(=O)CN1C(=O)CC2(CCCC2)C1=O. The Kier molecular flexibility index (Phi) is 6.97. The summed E-state index contributed by atoms with van der Waals surface area (Å²) >= 11 is 0. The number of rotatable bonds is 7. The molecule has 0 unspecified atom stereocenters. The predicted octanol–water partition coefficient (Wildman–Crippen LogP) is 1.75. The number of hydrogen-bond donors (Lipinski definition) is 1. The molecule has 1 spiro atoms. The van der Waals surface area contributed by atoms with E-state index in [1.54, 1.807) is 0 Å². The minimum atomic E-state index is -3.79. The quantitative estimate of drug-likeness (QED) is 0.574. The van der Waals surface area contributed by atoms with Crippen molar-refractivity contribution in [3.8, 4) is 5.75 Å². The zero-order chi connectivity index (χ0) is 24.5. The third-order valence-electron chi connectivity index (χ3n) is 6.55. The van der Waals surface area contributed by atoms with E-state index >= 15 is 0 Å². The van der Waals surface area contributed by atoms with Crippen LogP contribution in [0.2, 0.25) is 0 Å². The molecule has 1 aromatic rings. The number of imide groups is 1. The summed E-state index contributed by atoms with van der Waals surface area (Å²) in [7, 11) is -3.79. The normalized spacial score (nSPS) is 21.0. The largest absolute Gasteiger partial charge is 0.489 e. The van der Waals surface area contributed by atoms with E-state index in [1.165, 1.54) is 22.5 Å². The number of ether oxygens (including phenoxy) is 2. The Balaban J connectivity index is 1.54. The minimum Gasteiger partial charge on any atom is -0.489 e. The van der Waals surface area contributed by atoms with Crippen LogP contribution in [-0.2, 0) is 29.1 Å². The van der Waals surface area contributed by atoms with Crippen LogP contribution in [0.3, 0.4) is 0 Å². The Bertz CT molecular complexity index is 1070. The lowest BCUT2D eigenvalue weighted by atomic mass is 9.84. The van der Waals surface area contributed by atoms with E-state index < -0.39 is 27.9 Å². The molecule has 3 fully saturated rings. The van der Waals surface area contributed by atoms with Gasteiger partial charge in [-0.05, 0) is 44.9 Å². The smallest absolute Gasteiger partial charge is 0.244 e. The maximum Gasteiger partial charge on any atom is 0.244 e. The molecule has 2 saturated heterocycles. The van der Waals surface area contributed by atoms with Crippen molar-refractivity contribution < 1.29 is 32.3 Å². The summed E-state index contributed by atoms with van der Waals surface area (Å²) in [6, 6.07) is 4.30. The van der Waals surface area contributed by atoms with Gasteiger partial charge in [0.15, 0.2) is 0 Å². The molecular weight excluding hydrogens is 462 g/mol. The summed E-state index contributed by atoms with van der Waals surface area (Å²) in [4.78, 5) is 39.3. The van der Waals surface area contributed by atoms with Gasteiger partial charge < -0.3 is 14.8 Å². The molecule has 10 nitrogen and oxygen atoms in total. The van der Waals surface area contributed by atoms with Crippen LogP contribution in [0.15, 0.2) is 23.1 Å². The fraction of sp³-hybridized carbons (Fsp3) is 0.609. The Morgan fingerprint density at radius 1 is 1.18 bits per heavy atom. The fourth-order valence-corrected chi connectivity index (χ4v) is 6.29. The molecule has 11 heteroatoms. The van der Waals surface area contributed by atoms with Gasteiger partial charge in [0.25, 0.3) is 0 Å². The van der Waals surface area contributed by atoms with Crippen LogP contribution < -0.4 is 10.1 Å². The van der Waals surface area contributed by atoms with Gasteiger partial charge in [-0.1, -0.05) is 12.8 Å². The zero-order valence-corrected chi connectivity index (χ0v) is 20.4. The second-order valence-corrected chi connectivity index (χ2v) is 11.3. The summed E-state index contributed by atoms with van der Waals surface area (Å²) in [5.74, 6) is -0.918. The average Bonchev–Trinajstić information content (AvgIpc) is 3.35. The number of likely N-dealkylation sites (tertiary alicyclic amines) is 1. The molecule has 4 rings (SSSR count). The third-order valence-corrected chi connectivity index (χ3v) is 8.44. The number of nitrogens with one attached hydrogen (secondary N) is 1. The predicted molar refractivity (Wildman–Crippen MR) is 123 cm³/mol. The van der Waals surface area contributed by atoms with Crippen LogP contribution >= 0.6 is 0 Å². The average molecular weight is 494 g/mol. The highest BCUT2D eigenvalue weighted by molar-refractivity contribution is 7.89. The second kappa shape index (κ2) is 9.63. The number of morpholine rings is 1. The highest BCUT2D eigenvalue weighted by Gasteiger charge is 2.52. The number of nitrogens with zero attached hydrogens (tertiary/aromatic N) is 2. The van der Waals surface area contributed by atoms with Crippen LogP contribution in [0.1, 0.15) is 46.0 Å². The number of benzene rings is 1. The Morgan fingerprint density at radius 3 is 2.50 bits per heavy atom. The first-order valence-electron chi connectivity index (χ1n) is 11.7. The Morgan fingerprint density at radius 2 is 1.85 bits per heavy atom. The molecule has 1 aromatic carbocycles. The second-order valence-electron chi connectivity index (χ2n) is 9.34. The molecule has 0 atom stereocenters. The molecule has 0 radical (unpaired) electrons. The summed E-state index contributed by atoms with van der Waals surface area (Å²) in [5, 5.41) is 2.66. The molecule has 0 bridgehead atoms. The summed E-state index contributed by atoms with van der Waals surface area (Å²) in [5.41, 5.74) is -0.488. The van der Waals surface area contributed by atoms with Crippen molar-refractivity contribution in [1.29, 1.82) is 0 Å². The zero-order valence-electron chi connectivity index (χ0n) is 19.5. The summed E-state index contributed by atoms with van der Waals surface area (Å²) in [6.45, 7) is 4.33. The van der Waals surface area contributed by atoms with E-state index in [0.717, 1.165) is 17.7 Å². The molecule has 3 amide bonds. The number of hydrogen-bond acceptors (Lipinski definition) is 7. The van der Waals surface area contributed by atoms with Gasteiger partial charge >= 0.3 is 0 Å². The minimum absolute atomic E-state index is 0.0130. The van der Waals surface area contributed by atoms with Crippen LogP contribution in [0.4, 0.5) is 5.69 Å². The number of carbonyl (C=O) groups excluding carboxylic acids is 3. The molecule has 2 heterocycles. The van der Waals surface area contributed by atoms with E-state index in [1.807, 2.05) is 13.8 Å². The maximum atomic E-state index is 13.1. The first kappa shape index (κ1) is 24.6. The van der Waals surface area contributed by atoms with E-state index in [9.17, 15) is 22.8 Å². The lowest BCUT2D eigenvalue weighted by Gasteiger charge is -2.26. The van der Waals surface area contributed by atoms with Gasteiger partial charge in [0.1, 0.15) is 12.3 Å². The van der Waals surface area contributed by atoms with Gasteiger partial charge in [0, 0.05) is 19.5 Å². The van der Waals surface area contributed by atoms with Crippen molar-refractivity contribution in [2.24, 2.45) is 5.41 Å². The fourth-order valence-electron chi connectivity index (χ4n) is 4.86. The molecule has 34 heavy (non-hydrogen) atoms. The van der Waals surface area contributed by atoms with E-state index in [2.05, 4.69) is 5.32 Å². The van der Waals surface area contributed by atoms with E-state index in [0.29, 0.717) is 31.8 Å². The van der Waals surface area contributed by atoms with Gasteiger partial charge in [0.05, 0.1) is 35.3 Å². The lowest BCUT2D eigenvalue weighted by molar-refractivity contribution is -0.143. The highest BCUT2D eigenvalue weighted by Crippen LogP contribution is 2.46. The molecule has 1 aliphatic carbocycles. The van der Waals surface area contributed by atoms with Crippen molar-refractivity contribution in [3.05, 3.63) is 18.2 Å². The molecule has 1 N–H and O–H groups in total. The third kappa shape index (κ3) is 4.82. The lowest BCUT2D eigenvalue weighted by Crippen LogP contribution is -2.40. The van der Waals surface area contributed by atoms with Crippen LogP contribution in [0.25, 0.3) is 0 Å².